The highest BCUT2D eigenvalue weighted by Gasteiger charge is 2.54. The van der Waals surface area contributed by atoms with Crippen LogP contribution in [0.1, 0.15) is 52.9 Å². The van der Waals surface area contributed by atoms with Crippen molar-refractivity contribution in [2.45, 2.75) is 75.9 Å². The van der Waals surface area contributed by atoms with Gasteiger partial charge in [0, 0.05) is 23.5 Å². The molecule has 0 bridgehead atoms. The van der Waals surface area contributed by atoms with Crippen LogP contribution in [0.15, 0.2) is 0 Å². The maximum absolute atomic E-state index is 6.43. The Balaban J connectivity index is 0.00000162. The summed E-state index contributed by atoms with van der Waals surface area (Å²) in [5, 5.41) is 0.319. The van der Waals surface area contributed by atoms with Gasteiger partial charge in [0.2, 0.25) is 0 Å². The van der Waals surface area contributed by atoms with Crippen LogP contribution in [0.4, 0.5) is 0 Å². The molecule has 0 amide bonds. The number of ether oxygens (including phenoxy) is 2. The monoisotopic (exact) mass is 288 g/mol. The van der Waals surface area contributed by atoms with E-state index in [1.54, 1.807) is 0 Å². The molecule has 2 rings (SSSR count). The molecule has 0 N–H and O–H groups in total. The lowest BCUT2D eigenvalue weighted by Crippen LogP contribution is -2.67. The summed E-state index contributed by atoms with van der Waals surface area (Å²) in [5.74, 6) is 0. The van der Waals surface area contributed by atoms with Crippen molar-refractivity contribution in [1.29, 1.82) is 0 Å². The summed E-state index contributed by atoms with van der Waals surface area (Å²) in [7, 11) is 0.283. The minimum atomic E-state index is -0.851. The molecule has 2 aliphatic rings. The number of hydrogen-bond acceptors (Lipinski definition) is 2. The van der Waals surface area contributed by atoms with Crippen molar-refractivity contribution in [3.8, 4) is 0 Å². The van der Waals surface area contributed by atoms with Gasteiger partial charge in [0.15, 0.2) is 0 Å². The van der Waals surface area contributed by atoms with E-state index in [2.05, 4.69) is 13.5 Å². The van der Waals surface area contributed by atoms with Crippen LogP contribution in [-0.4, -0.2) is 42.7 Å². The highest BCUT2D eigenvalue weighted by atomic mass is 28.3. The number of rotatable bonds is 3. The van der Waals surface area contributed by atoms with Gasteiger partial charge >= 0.3 is 0 Å². The highest BCUT2D eigenvalue weighted by Crippen LogP contribution is 2.43. The van der Waals surface area contributed by atoms with E-state index in [1.165, 1.54) is 44.6 Å². The topological polar surface area (TPSA) is 18.5 Å². The average Bonchev–Trinajstić information content (AvgIpc) is 2.39. The van der Waals surface area contributed by atoms with Crippen molar-refractivity contribution in [3.63, 3.8) is 0 Å². The molecular weight excluding hydrogens is 256 g/mol. The standard InChI is InChI=1S/C13H28O2Si2.CH4/c1-3-17(2)13(9-5-7-11-15-13)12(16)8-4-6-10-14-12;/h17H,3-11H2,1-2,16H3;1H4. The summed E-state index contributed by atoms with van der Waals surface area (Å²) in [4.78, 5) is 0. The van der Waals surface area contributed by atoms with Crippen LogP contribution >= 0.6 is 0 Å². The fraction of sp³-hybridized carbons (Fsp3) is 1.00. The van der Waals surface area contributed by atoms with E-state index in [9.17, 15) is 0 Å². The van der Waals surface area contributed by atoms with E-state index < -0.39 is 8.80 Å². The molecule has 0 aromatic carbocycles. The fourth-order valence-corrected chi connectivity index (χ4v) is 9.20. The highest BCUT2D eigenvalue weighted by molar-refractivity contribution is 6.62. The first kappa shape index (κ1) is 16.4. The van der Waals surface area contributed by atoms with E-state index in [0.29, 0.717) is 0 Å². The van der Waals surface area contributed by atoms with Gasteiger partial charge in [0.25, 0.3) is 0 Å². The maximum atomic E-state index is 6.43. The van der Waals surface area contributed by atoms with Crippen molar-refractivity contribution in [2.75, 3.05) is 13.2 Å². The zero-order valence-corrected chi connectivity index (χ0v) is 14.9. The quantitative estimate of drug-likeness (QED) is 0.742. The van der Waals surface area contributed by atoms with Crippen molar-refractivity contribution < 1.29 is 9.47 Å². The Morgan fingerprint density at radius 1 is 1.06 bits per heavy atom. The lowest BCUT2D eigenvalue weighted by atomic mass is 9.96. The van der Waals surface area contributed by atoms with Crippen LogP contribution in [-0.2, 0) is 9.47 Å². The largest absolute Gasteiger partial charge is 0.377 e. The van der Waals surface area contributed by atoms with Gasteiger partial charge in [-0.15, -0.1) is 0 Å². The second kappa shape index (κ2) is 6.68. The molecule has 0 aromatic rings. The summed E-state index contributed by atoms with van der Waals surface area (Å²) in [6.45, 7) is 6.80. The third-order valence-electron chi connectivity index (χ3n) is 5.07. The van der Waals surface area contributed by atoms with Crippen LogP contribution in [0, 0.1) is 0 Å². The SMILES string of the molecule is C.CC[SiH](C)C1(C2([SiH3])CCCCO2)CCCCO1. The molecule has 0 saturated carbocycles. The molecule has 0 spiro atoms. The molecule has 2 heterocycles. The van der Waals surface area contributed by atoms with Crippen molar-refractivity contribution in [3.05, 3.63) is 0 Å². The van der Waals surface area contributed by atoms with Crippen LogP contribution in [0.2, 0.25) is 12.6 Å². The molecule has 0 aliphatic carbocycles. The molecule has 2 aliphatic heterocycles. The summed E-state index contributed by atoms with van der Waals surface area (Å²) in [6, 6.07) is 1.34. The van der Waals surface area contributed by atoms with Crippen molar-refractivity contribution >= 4 is 19.0 Å². The molecule has 3 unspecified atom stereocenters. The van der Waals surface area contributed by atoms with Gasteiger partial charge in [-0.2, -0.15) is 0 Å². The first-order valence-electron chi connectivity index (χ1n) is 7.42. The van der Waals surface area contributed by atoms with Crippen LogP contribution in [0.3, 0.4) is 0 Å². The Morgan fingerprint density at radius 3 is 2.11 bits per heavy atom. The molecule has 0 radical (unpaired) electrons. The van der Waals surface area contributed by atoms with Gasteiger partial charge in [0.1, 0.15) is 0 Å². The van der Waals surface area contributed by atoms with Crippen molar-refractivity contribution in [2.24, 2.45) is 0 Å². The Kier molecular flexibility index (Phi) is 6.09. The molecular formula is C14H32O2Si2. The molecule has 0 aromatic heterocycles. The fourth-order valence-electron chi connectivity index (χ4n) is 3.74. The van der Waals surface area contributed by atoms with Crippen molar-refractivity contribution in [1.82, 2.24) is 0 Å². The number of hydrogen-bond donors (Lipinski definition) is 0. The van der Waals surface area contributed by atoms with E-state index >= 15 is 0 Å². The molecule has 2 saturated heterocycles. The van der Waals surface area contributed by atoms with E-state index in [4.69, 9.17) is 9.47 Å². The lowest BCUT2D eigenvalue weighted by Gasteiger charge is -2.54. The van der Waals surface area contributed by atoms with Gasteiger partial charge in [-0.1, -0.05) is 26.9 Å². The zero-order chi connectivity index (χ0) is 12.4. The Labute approximate surface area is 118 Å². The third-order valence-corrected chi connectivity index (χ3v) is 11.2. The molecule has 18 heavy (non-hydrogen) atoms. The predicted molar refractivity (Wildman–Crippen MR) is 85.2 cm³/mol. The minimum Gasteiger partial charge on any atom is -0.377 e. The smallest absolute Gasteiger partial charge is 0.0793 e. The average molecular weight is 289 g/mol. The molecule has 4 heteroatoms. The second-order valence-corrected chi connectivity index (χ2v) is 11.2. The van der Waals surface area contributed by atoms with Gasteiger partial charge in [-0.3, -0.25) is 0 Å². The van der Waals surface area contributed by atoms with E-state index in [1.807, 2.05) is 0 Å². The van der Waals surface area contributed by atoms with E-state index in [-0.39, 0.29) is 17.9 Å². The first-order valence-corrected chi connectivity index (χ1v) is 11.0. The van der Waals surface area contributed by atoms with Gasteiger partial charge in [-0.05, 0) is 38.5 Å². The van der Waals surface area contributed by atoms with Gasteiger partial charge in [0.05, 0.1) is 19.2 Å². The van der Waals surface area contributed by atoms with Gasteiger partial charge in [-0.25, -0.2) is 0 Å². The van der Waals surface area contributed by atoms with Crippen LogP contribution in [0.5, 0.6) is 0 Å². The summed E-state index contributed by atoms with van der Waals surface area (Å²) < 4.78 is 12.7. The summed E-state index contributed by atoms with van der Waals surface area (Å²) in [6.07, 6.45) is 7.74. The van der Waals surface area contributed by atoms with E-state index in [0.717, 1.165) is 23.5 Å². The molecule has 2 fully saturated rings. The van der Waals surface area contributed by atoms with Gasteiger partial charge < -0.3 is 9.47 Å². The van der Waals surface area contributed by atoms with Crippen LogP contribution in [0.25, 0.3) is 0 Å². The lowest BCUT2D eigenvalue weighted by molar-refractivity contribution is -0.161. The minimum absolute atomic E-state index is 0. The Bertz CT molecular complexity index is 246. The molecule has 108 valence electrons. The predicted octanol–water partition coefficient (Wildman–Crippen LogP) is 2.24. The van der Waals surface area contributed by atoms with Crippen LogP contribution < -0.4 is 0 Å². The third kappa shape index (κ3) is 2.76. The Hall–Kier alpha value is 0.354. The molecule has 2 nitrogen and oxygen atoms in total. The summed E-state index contributed by atoms with van der Waals surface area (Å²) >= 11 is 0. The maximum Gasteiger partial charge on any atom is 0.0793 e. The Morgan fingerprint density at radius 2 is 1.67 bits per heavy atom. The normalized spacial score (nSPS) is 39.0. The molecule has 3 atom stereocenters. The summed E-state index contributed by atoms with van der Waals surface area (Å²) in [5.41, 5.74) is 0. The second-order valence-electron chi connectivity index (χ2n) is 6.04. The first-order chi connectivity index (χ1) is 8.15. The zero-order valence-electron chi connectivity index (χ0n) is 11.8.